The van der Waals surface area contributed by atoms with E-state index >= 15 is 0 Å². The summed E-state index contributed by atoms with van der Waals surface area (Å²) < 4.78 is 5.46. The quantitative estimate of drug-likeness (QED) is 0.554. The highest BCUT2D eigenvalue weighted by Gasteiger charge is 2.20. The van der Waals surface area contributed by atoms with Crippen LogP contribution in [0, 0.1) is 0 Å². The van der Waals surface area contributed by atoms with Crippen LogP contribution < -0.4 is 0 Å². The third-order valence-electron chi connectivity index (χ3n) is 5.09. The van der Waals surface area contributed by atoms with E-state index in [2.05, 4.69) is 35.3 Å². The average Bonchev–Trinajstić information content (AvgIpc) is 3.34. The summed E-state index contributed by atoms with van der Waals surface area (Å²) >= 11 is 6.53. The van der Waals surface area contributed by atoms with Gasteiger partial charge in [-0.05, 0) is 48.4 Å². The lowest BCUT2D eigenvalue weighted by molar-refractivity contribution is 0.432. The van der Waals surface area contributed by atoms with Crippen molar-refractivity contribution in [3.8, 4) is 22.8 Å². The van der Waals surface area contributed by atoms with Crippen LogP contribution in [0.15, 0.2) is 47.0 Å². The molecule has 0 spiro atoms. The molecule has 1 aliphatic carbocycles. The van der Waals surface area contributed by atoms with Crippen molar-refractivity contribution in [3.05, 3.63) is 58.6 Å². The molecule has 128 valence electrons. The largest absolute Gasteiger partial charge is 0.334 e. The summed E-state index contributed by atoms with van der Waals surface area (Å²) in [5.41, 5.74) is 4.37. The van der Waals surface area contributed by atoms with E-state index in [1.807, 2.05) is 24.3 Å². The van der Waals surface area contributed by atoms with Crippen LogP contribution in [-0.4, -0.2) is 10.1 Å². The van der Waals surface area contributed by atoms with Crippen molar-refractivity contribution < 1.29 is 4.52 Å². The highest BCUT2D eigenvalue weighted by atomic mass is 35.5. The Balaban J connectivity index is 1.59. The van der Waals surface area contributed by atoms with Crippen molar-refractivity contribution in [2.75, 3.05) is 0 Å². The van der Waals surface area contributed by atoms with Crippen molar-refractivity contribution in [1.82, 2.24) is 10.1 Å². The number of benzene rings is 2. The molecule has 1 fully saturated rings. The van der Waals surface area contributed by atoms with Crippen molar-refractivity contribution >= 4 is 11.6 Å². The predicted octanol–water partition coefficient (Wildman–Crippen LogP) is 6.28. The Morgan fingerprint density at radius 2 is 1.76 bits per heavy atom. The van der Waals surface area contributed by atoms with Gasteiger partial charge in [0.25, 0.3) is 5.89 Å². The lowest BCUT2D eigenvalue weighted by Crippen LogP contribution is -1.93. The minimum Gasteiger partial charge on any atom is -0.334 e. The van der Waals surface area contributed by atoms with Crippen LogP contribution in [0.5, 0.6) is 0 Å². The lowest BCUT2D eigenvalue weighted by Gasteiger charge is -2.11. The molecule has 4 heteroatoms. The van der Waals surface area contributed by atoms with Crippen molar-refractivity contribution in [2.45, 2.75) is 44.9 Å². The molecule has 4 rings (SSSR count). The fraction of sp³-hybridized carbons (Fsp3) is 0.333. The second-order valence-electron chi connectivity index (χ2n) is 6.69. The van der Waals surface area contributed by atoms with E-state index in [0.717, 1.165) is 22.6 Å². The summed E-state index contributed by atoms with van der Waals surface area (Å²) in [5.74, 6) is 1.71. The predicted molar refractivity (Wildman–Crippen MR) is 101 cm³/mol. The molecule has 2 aromatic carbocycles. The van der Waals surface area contributed by atoms with E-state index in [0.29, 0.717) is 17.6 Å². The SMILES string of the molecule is CCc1ccc(-c2noc(-c3ccc(C4CCCC4)c(Cl)c3)n2)cc1. The van der Waals surface area contributed by atoms with Crippen LogP contribution in [0.3, 0.4) is 0 Å². The molecule has 0 unspecified atom stereocenters. The van der Waals surface area contributed by atoms with Crippen molar-refractivity contribution in [1.29, 1.82) is 0 Å². The van der Waals surface area contributed by atoms with E-state index in [1.54, 1.807) is 0 Å². The summed E-state index contributed by atoms with van der Waals surface area (Å²) in [7, 11) is 0. The first-order chi connectivity index (χ1) is 12.2. The first kappa shape index (κ1) is 16.3. The Kier molecular flexibility index (Phi) is 4.58. The fourth-order valence-electron chi connectivity index (χ4n) is 3.58. The summed E-state index contributed by atoms with van der Waals surface area (Å²) in [6.07, 6.45) is 6.08. The summed E-state index contributed by atoms with van der Waals surface area (Å²) in [6.45, 7) is 2.14. The monoisotopic (exact) mass is 352 g/mol. The molecular weight excluding hydrogens is 332 g/mol. The number of hydrogen-bond donors (Lipinski definition) is 0. The molecule has 0 saturated heterocycles. The molecule has 0 radical (unpaired) electrons. The van der Waals surface area contributed by atoms with Crippen molar-refractivity contribution in [2.24, 2.45) is 0 Å². The molecule has 1 heterocycles. The first-order valence-corrected chi connectivity index (χ1v) is 9.35. The highest BCUT2D eigenvalue weighted by molar-refractivity contribution is 6.31. The minimum absolute atomic E-state index is 0.509. The fourth-order valence-corrected chi connectivity index (χ4v) is 3.91. The van der Waals surface area contributed by atoms with Crippen LogP contribution in [0.1, 0.15) is 49.7 Å². The number of rotatable bonds is 4. The van der Waals surface area contributed by atoms with Crippen molar-refractivity contribution in [3.63, 3.8) is 0 Å². The van der Waals surface area contributed by atoms with E-state index in [4.69, 9.17) is 16.1 Å². The minimum atomic E-state index is 0.509. The summed E-state index contributed by atoms with van der Waals surface area (Å²) in [4.78, 5) is 4.54. The molecule has 0 atom stereocenters. The topological polar surface area (TPSA) is 38.9 Å². The Morgan fingerprint density at radius 1 is 1.04 bits per heavy atom. The number of nitrogens with zero attached hydrogens (tertiary/aromatic N) is 2. The zero-order valence-electron chi connectivity index (χ0n) is 14.3. The van der Waals surface area contributed by atoms with Gasteiger partial charge in [-0.1, -0.05) is 66.9 Å². The number of hydrogen-bond acceptors (Lipinski definition) is 3. The van der Waals surface area contributed by atoms with Gasteiger partial charge in [0.15, 0.2) is 0 Å². The van der Waals surface area contributed by atoms with Gasteiger partial charge in [0.1, 0.15) is 0 Å². The van der Waals surface area contributed by atoms with Crippen LogP contribution in [0.4, 0.5) is 0 Å². The molecule has 1 aliphatic rings. The van der Waals surface area contributed by atoms with E-state index < -0.39 is 0 Å². The Morgan fingerprint density at radius 3 is 2.44 bits per heavy atom. The molecule has 0 bridgehead atoms. The van der Waals surface area contributed by atoms with Crippen LogP contribution in [0.25, 0.3) is 22.8 Å². The van der Waals surface area contributed by atoms with E-state index in [9.17, 15) is 0 Å². The highest BCUT2D eigenvalue weighted by Crippen LogP contribution is 2.39. The van der Waals surface area contributed by atoms with Crippen LogP contribution in [-0.2, 0) is 6.42 Å². The Labute approximate surface area is 153 Å². The summed E-state index contributed by atoms with van der Waals surface area (Å²) in [5, 5.41) is 4.92. The molecule has 0 N–H and O–H groups in total. The maximum absolute atomic E-state index is 6.53. The smallest absolute Gasteiger partial charge is 0.258 e. The van der Waals surface area contributed by atoms with Gasteiger partial charge >= 0.3 is 0 Å². The molecule has 25 heavy (non-hydrogen) atoms. The standard InChI is InChI=1S/C21H21ClN2O/c1-2-14-7-9-16(10-8-14)20-23-21(25-24-20)17-11-12-18(19(22)13-17)15-5-3-4-6-15/h7-13,15H,2-6H2,1H3. The van der Waals surface area contributed by atoms with E-state index in [1.165, 1.54) is 36.8 Å². The van der Waals surface area contributed by atoms with Gasteiger partial charge in [-0.15, -0.1) is 0 Å². The van der Waals surface area contributed by atoms with Gasteiger partial charge in [0.05, 0.1) is 0 Å². The number of halogens is 1. The van der Waals surface area contributed by atoms with E-state index in [-0.39, 0.29) is 0 Å². The maximum Gasteiger partial charge on any atom is 0.258 e. The third kappa shape index (κ3) is 3.34. The summed E-state index contributed by atoms with van der Waals surface area (Å²) in [6, 6.07) is 14.4. The van der Waals surface area contributed by atoms with Crippen LogP contribution in [0.2, 0.25) is 5.02 Å². The first-order valence-electron chi connectivity index (χ1n) is 8.97. The van der Waals surface area contributed by atoms with Gasteiger partial charge in [0, 0.05) is 16.1 Å². The number of aryl methyl sites for hydroxylation is 1. The third-order valence-corrected chi connectivity index (χ3v) is 5.42. The number of aromatic nitrogens is 2. The molecule has 1 saturated carbocycles. The average molecular weight is 353 g/mol. The molecular formula is C21H21ClN2O. The maximum atomic E-state index is 6.53. The second-order valence-corrected chi connectivity index (χ2v) is 7.10. The molecule has 0 amide bonds. The van der Waals surface area contributed by atoms with Gasteiger partial charge < -0.3 is 4.52 Å². The molecule has 3 nitrogen and oxygen atoms in total. The lowest BCUT2D eigenvalue weighted by atomic mass is 9.96. The Hall–Kier alpha value is -2.13. The molecule has 3 aromatic rings. The van der Waals surface area contributed by atoms with Gasteiger partial charge in [-0.3, -0.25) is 0 Å². The van der Waals surface area contributed by atoms with Gasteiger partial charge in [-0.2, -0.15) is 4.98 Å². The zero-order valence-corrected chi connectivity index (χ0v) is 15.1. The molecule has 1 aromatic heterocycles. The van der Waals surface area contributed by atoms with Crippen LogP contribution >= 0.6 is 11.6 Å². The normalized spacial score (nSPS) is 15.0. The zero-order chi connectivity index (χ0) is 17.2. The molecule has 0 aliphatic heterocycles. The Bertz CT molecular complexity index is 864. The van der Waals surface area contributed by atoms with Gasteiger partial charge in [-0.25, -0.2) is 0 Å². The van der Waals surface area contributed by atoms with Gasteiger partial charge in [0.2, 0.25) is 5.82 Å². The second kappa shape index (κ2) is 7.01.